The Labute approximate surface area is 160 Å². The third kappa shape index (κ3) is 3.31. The van der Waals surface area contributed by atoms with E-state index in [1.165, 1.54) is 42.9 Å². The lowest BCUT2D eigenvalue weighted by atomic mass is 10.0. The summed E-state index contributed by atoms with van der Waals surface area (Å²) in [5, 5.41) is 4.27. The molecular weight excluding hydrogens is 342 g/mol. The van der Waals surface area contributed by atoms with E-state index >= 15 is 0 Å². The van der Waals surface area contributed by atoms with Gasteiger partial charge < -0.3 is 13.8 Å². The van der Waals surface area contributed by atoms with Crippen LogP contribution in [0.5, 0.6) is 0 Å². The summed E-state index contributed by atoms with van der Waals surface area (Å²) in [5.41, 5.74) is 2.77. The topological polar surface area (TPSA) is 69.2 Å². The molecule has 0 bridgehead atoms. The normalized spacial score (nSPS) is 24.4. The number of aromatic nitrogens is 4. The van der Waals surface area contributed by atoms with E-state index in [9.17, 15) is 0 Å². The lowest BCUT2D eigenvalue weighted by Crippen LogP contribution is -2.25. The lowest BCUT2D eigenvalue weighted by molar-refractivity contribution is 0.0778. The van der Waals surface area contributed by atoms with E-state index in [1.54, 1.807) is 0 Å². The zero-order valence-corrected chi connectivity index (χ0v) is 16.2. The molecule has 0 amide bonds. The zero-order valence-electron chi connectivity index (χ0n) is 16.2. The van der Waals surface area contributed by atoms with E-state index in [0.717, 1.165) is 63.7 Å². The van der Waals surface area contributed by atoms with E-state index in [4.69, 9.17) is 19.2 Å². The Hall–Kier alpha value is -1.73. The fraction of sp³-hybridized carbons (Fsp3) is 0.750. The van der Waals surface area contributed by atoms with Crippen LogP contribution < -0.4 is 0 Å². The van der Waals surface area contributed by atoms with Crippen LogP contribution in [0.25, 0.3) is 0 Å². The highest BCUT2D eigenvalue weighted by molar-refractivity contribution is 5.22. The standard InChI is InChI=1S/C20H29N5O2/c1-24-16-6-3-2-5-15(16)21-19(24)17-7-4-10-25(17)13-18-22-20(27-23-18)14-8-11-26-12-9-14/h14,17H,2-13H2,1H3/t17-/m0/s1. The van der Waals surface area contributed by atoms with Gasteiger partial charge in [-0.05, 0) is 57.9 Å². The average molecular weight is 371 g/mol. The highest BCUT2D eigenvalue weighted by Crippen LogP contribution is 2.35. The Balaban J connectivity index is 1.32. The number of aryl methyl sites for hydroxylation is 1. The zero-order chi connectivity index (χ0) is 18.2. The van der Waals surface area contributed by atoms with Crippen molar-refractivity contribution >= 4 is 0 Å². The monoisotopic (exact) mass is 371 g/mol. The molecule has 5 rings (SSSR count). The Morgan fingerprint density at radius 3 is 2.74 bits per heavy atom. The van der Waals surface area contributed by atoms with Crippen LogP contribution in [-0.4, -0.2) is 44.4 Å². The molecule has 2 aliphatic heterocycles. The summed E-state index contributed by atoms with van der Waals surface area (Å²) >= 11 is 0. The summed E-state index contributed by atoms with van der Waals surface area (Å²) in [6.45, 7) is 3.40. The van der Waals surface area contributed by atoms with E-state index < -0.39 is 0 Å². The molecule has 3 aliphatic rings. The van der Waals surface area contributed by atoms with E-state index in [-0.39, 0.29) is 0 Å². The highest BCUT2D eigenvalue weighted by Gasteiger charge is 2.32. The van der Waals surface area contributed by atoms with Crippen LogP contribution in [0.4, 0.5) is 0 Å². The van der Waals surface area contributed by atoms with Crippen molar-refractivity contribution < 1.29 is 9.26 Å². The van der Waals surface area contributed by atoms with Gasteiger partial charge in [0.1, 0.15) is 5.82 Å². The second-order valence-corrected chi connectivity index (χ2v) is 8.19. The Morgan fingerprint density at radius 2 is 1.89 bits per heavy atom. The first kappa shape index (κ1) is 17.4. The number of imidazole rings is 1. The van der Waals surface area contributed by atoms with Gasteiger partial charge in [-0.15, -0.1) is 0 Å². The van der Waals surface area contributed by atoms with Crippen LogP contribution in [0, 0.1) is 0 Å². The fourth-order valence-electron chi connectivity index (χ4n) is 4.94. The van der Waals surface area contributed by atoms with Crippen LogP contribution in [-0.2, 0) is 31.2 Å². The number of ether oxygens (including phenoxy) is 1. The minimum atomic E-state index is 0.357. The molecule has 7 heteroatoms. The van der Waals surface area contributed by atoms with Gasteiger partial charge in [0.25, 0.3) is 0 Å². The van der Waals surface area contributed by atoms with Crippen molar-refractivity contribution in [3.05, 3.63) is 28.9 Å². The Morgan fingerprint density at radius 1 is 1.04 bits per heavy atom. The van der Waals surface area contributed by atoms with Gasteiger partial charge in [0, 0.05) is 31.9 Å². The lowest BCUT2D eigenvalue weighted by Gasteiger charge is -2.23. The third-order valence-electron chi connectivity index (χ3n) is 6.47. The summed E-state index contributed by atoms with van der Waals surface area (Å²) < 4.78 is 13.4. The van der Waals surface area contributed by atoms with E-state index in [0.29, 0.717) is 12.0 Å². The van der Waals surface area contributed by atoms with Gasteiger partial charge in [0.15, 0.2) is 5.82 Å². The number of rotatable bonds is 4. The minimum absolute atomic E-state index is 0.357. The largest absolute Gasteiger partial charge is 0.381 e. The first-order valence-corrected chi connectivity index (χ1v) is 10.5. The van der Waals surface area contributed by atoms with Crippen LogP contribution >= 0.6 is 0 Å². The van der Waals surface area contributed by atoms with Crippen molar-refractivity contribution in [1.82, 2.24) is 24.6 Å². The number of hydrogen-bond acceptors (Lipinski definition) is 6. The van der Waals surface area contributed by atoms with Gasteiger partial charge in [0.05, 0.1) is 18.3 Å². The molecule has 4 heterocycles. The predicted octanol–water partition coefficient (Wildman–Crippen LogP) is 2.91. The van der Waals surface area contributed by atoms with Crippen LogP contribution in [0.15, 0.2) is 4.52 Å². The van der Waals surface area contributed by atoms with Crippen molar-refractivity contribution in [2.75, 3.05) is 19.8 Å². The maximum absolute atomic E-state index is 5.58. The SMILES string of the molecule is Cn1c([C@@H]2CCCN2Cc2noc(C3CCOCC3)n2)nc2c1CCCC2. The minimum Gasteiger partial charge on any atom is -0.381 e. The molecule has 1 atom stereocenters. The first-order chi connectivity index (χ1) is 13.3. The fourth-order valence-corrected chi connectivity index (χ4v) is 4.94. The second-order valence-electron chi connectivity index (χ2n) is 8.19. The third-order valence-corrected chi connectivity index (χ3v) is 6.47. The molecule has 2 aromatic rings. The molecule has 0 saturated carbocycles. The van der Waals surface area contributed by atoms with Crippen LogP contribution in [0.3, 0.4) is 0 Å². The van der Waals surface area contributed by atoms with Gasteiger partial charge in [-0.2, -0.15) is 4.98 Å². The maximum Gasteiger partial charge on any atom is 0.229 e. The summed E-state index contributed by atoms with van der Waals surface area (Å²) in [4.78, 5) is 12.2. The number of nitrogens with zero attached hydrogens (tertiary/aromatic N) is 5. The smallest absolute Gasteiger partial charge is 0.229 e. The van der Waals surface area contributed by atoms with Gasteiger partial charge in [-0.3, -0.25) is 4.90 Å². The molecule has 0 unspecified atom stereocenters. The van der Waals surface area contributed by atoms with Crippen LogP contribution in [0.2, 0.25) is 0 Å². The molecule has 0 N–H and O–H groups in total. The van der Waals surface area contributed by atoms with Crippen molar-refractivity contribution in [2.45, 2.75) is 69.9 Å². The number of fused-ring (bicyclic) bond motifs is 1. The molecule has 0 aromatic carbocycles. The molecule has 7 nitrogen and oxygen atoms in total. The molecule has 27 heavy (non-hydrogen) atoms. The summed E-state index contributed by atoms with van der Waals surface area (Å²) in [6, 6.07) is 0.366. The molecule has 146 valence electrons. The van der Waals surface area contributed by atoms with Crippen molar-refractivity contribution in [3.63, 3.8) is 0 Å². The van der Waals surface area contributed by atoms with Gasteiger partial charge in [-0.1, -0.05) is 5.16 Å². The first-order valence-electron chi connectivity index (χ1n) is 10.5. The average Bonchev–Trinajstić information content (AvgIpc) is 3.43. The molecule has 0 radical (unpaired) electrons. The van der Waals surface area contributed by atoms with Gasteiger partial charge in [0.2, 0.25) is 5.89 Å². The quantitative estimate of drug-likeness (QED) is 0.823. The summed E-state index contributed by atoms with van der Waals surface area (Å²) in [7, 11) is 2.20. The number of hydrogen-bond donors (Lipinski definition) is 0. The van der Waals surface area contributed by atoms with Crippen molar-refractivity contribution in [3.8, 4) is 0 Å². The molecule has 2 aromatic heterocycles. The van der Waals surface area contributed by atoms with E-state index in [1.807, 2.05) is 0 Å². The maximum atomic E-state index is 5.58. The Bertz CT molecular complexity index is 792. The highest BCUT2D eigenvalue weighted by atomic mass is 16.5. The van der Waals surface area contributed by atoms with Crippen molar-refractivity contribution in [2.24, 2.45) is 7.05 Å². The van der Waals surface area contributed by atoms with E-state index in [2.05, 4.69) is 21.7 Å². The van der Waals surface area contributed by atoms with Gasteiger partial charge >= 0.3 is 0 Å². The molecule has 1 aliphatic carbocycles. The molecule has 2 saturated heterocycles. The molecule has 2 fully saturated rings. The van der Waals surface area contributed by atoms with Crippen molar-refractivity contribution in [1.29, 1.82) is 0 Å². The predicted molar refractivity (Wildman–Crippen MR) is 99.3 cm³/mol. The van der Waals surface area contributed by atoms with Crippen LogP contribution in [0.1, 0.15) is 79.4 Å². The summed E-state index contributed by atoms with van der Waals surface area (Å²) in [5.74, 6) is 3.18. The molecule has 0 spiro atoms. The number of likely N-dealkylation sites (tertiary alicyclic amines) is 1. The summed E-state index contributed by atoms with van der Waals surface area (Å²) in [6.07, 6.45) is 9.19. The second kappa shape index (κ2) is 7.36. The van der Waals surface area contributed by atoms with Gasteiger partial charge in [-0.25, -0.2) is 4.98 Å². The Kier molecular flexibility index (Phi) is 4.73. The molecular formula is C20H29N5O2.